The van der Waals surface area contributed by atoms with Crippen molar-refractivity contribution in [2.24, 2.45) is 41.4 Å². The molecule has 8 nitrogen and oxygen atoms in total. The SMILES string of the molecule is CC1OC(CO)[C@H](O[C@@H]2OC(CO)[C@H](O[C@@H]3OC(CO)[C@H](C)[C@H](C)C3C)[C@H](C)C2C)[C@H](C)C1C. The first kappa shape index (κ1) is 28.3. The topological polar surface area (TPSA) is 107 Å². The molecule has 0 radical (unpaired) electrons. The highest BCUT2D eigenvalue weighted by atomic mass is 16.7. The second-order valence-electron chi connectivity index (χ2n) is 11.2. The van der Waals surface area contributed by atoms with Crippen LogP contribution < -0.4 is 0 Å². The molecule has 3 fully saturated rings. The molecule has 0 aromatic carbocycles. The zero-order chi connectivity index (χ0) is 25.3. The van der Waals surface area contributed by atoms with E-state index in [-0.39, 0.29) is 79.7 Å². The summed E-state index contributed by atoms with van der Waals surface area (Å²) in [6.45, 7) is 16.5. The number of hydrogen-bond acceptors (Lipinski definition) is 8. The van der Waals surface area contributed by atoms with E-state index in [4.69, 9.17) is 23.7 Å². The third-order valence-corrected chi connectivity index (χ3v) is 9.40. The second kappa shape index (κ2) is 11.8. The summed E-state index contributed by atoms with van der Waals surface area (Å²) in [5.74, 6) is 1.17. The van der Waals surface area contributed by atoms with Crippen LogP contribution in [0.3, 0.4) is 0 Å². The van der Waals surface area contributed by atoms with Crippen molar-refractivity contribution in [2.75, 3.05) is 19.8 Å². The van der Waals surface area contributed by atoms with Gasteiger partial charge < -0.3 is 39.0 Å². The fourth-order valence-corrected chi connectivity index (χ4v) is 5.84. The van der Waals surface area contributed by atoms with E-state index in [0.29, 0.717) is 5.92 Å². The fourth-order valence-electron chi connectivity index (χ4n) is 5.84. The number of rotatable bonds is 7. The molecule has 0 spiro atoms. The minimum atomic E-state index is -0.571. The van der Waals surface area contributed by atoms with Crippen LogP contribution in [0.25, 0.3) is 0 Å². The zero-order valence-corrected chi connectivity index (χ0v) is 22.2. The van der Waals surface area contributed by atoms with Crippen LogP contribution in [0.1, 0.15) is 55.4 Å². The van der Waals surface area contributed by atoms with Gasteiger partial charge in [-0.3, -0.25) is 0 Å². The summed E-state index contributed by atoms with van der Waals surface area (Å²) in [7, 11) is 0. The third-order valence-electron chi connectivity index (χ3n) is 9.40. The van der Waals surface area contributed by atoms with Crippen LogP contribution in [0.5, 0.6) is 0 Å². The summed E-state index contributed by atoms with van der Waals surface area (Å²) in [6.07, 6.45) is -2.92. The largest absolute Gasteiger partial charge is 0.394 e. The molecule has 0 bridgehead atoms. The van der Waals surface area contributed by atoms with Gasteiger partial charge in [0.2, 0.25) is 0 Å². The molecule has 3 rings (SSSR count). The average molecular weight is 489 g/mol. The molecule has 7 unspecified atom stereocenters. The molecule has 0 aromatic heterocycles. The van der Waals surface area contributed by atoms with Gasteiger partial charge in [-0.15, -0.1) is 0 Å². The molecule has 3 aliphatic heterocycles. The average Bonchev–Trinajstić information content (AvgIpc) is 2.83. The highest BCUT2D eigenvalue weighted by Crippen LogP contribution is 2.41. The minimum absolute atomic E-state index is 0.0159. The van der Waals surface area contributed by atoms with Crippen LogP contribution in [-0.4, -0.2) is 84.3 Å². The normalized spacial score (nSPS) is 52.5. The van der Waals surface area contributed by atoms with Gasteiger partial charge in [0, 0.05) is 11.8 Å². The first-order valence-electron chi connectivity index (χ1n) is 13.1. The Kier molecular flexibility index (Phi) is 9.82. The van der Waals surface area contributed by atoms with E-state index < -0.39 is 24.8 Å². The molecule has 0 aliphatic carbocycles. The van der Waals surface area contributed by atoms with Crippen molar-refractivity contribution in [2.45, 2.75) is 105 Å². The molecule has 3 aliphatic rings. The summed E-state index contributed by atoms with van der Waals surface area (Å²) in [6, 6.07) is 0. The van der Waals surface area contributed by atoms with Gasteiger partial charge in [0.15, 0.2) is 12.6 Å². The van der Waals surface area contributed by atoms with Crippen molar-refractivity contribution in [3.05, 3.63) is 0 Å². The number of hydrogen-bond donors (Lipinski definition) is 3. The van der Waals surface area contributed by atoms with Crippen molar-refractivity contribution >= 4 is 0 Å². The van der Waals surface area contributed by atoms with Crippen molar-refractivity contribution in [1.29, 1.82) is 0 Å². The lowest BCUT2D eigenvalue weighted by Gasteiger charge is -2.50. The van der Waals surface area contributed by atoms with Gasteiger partial charge in [-0.2, -0.15) is 0 Å². The van der Waals surface area contributed by atoms with Gasteiger partial charge in [0.25, 0.3) is 0 Å². The Hall–Kier alpha value is -0.320. The number of aliphatic hydroxyl groups is 3. The van der Waals surface area contributed by atoms with E-state index in [2.05, 4.69) is 48.5 Å². The zero-order valence-electron chi connectivity index (χ0n) is 22.2. The van der Waals surface area contributed by atoms with Crippen LogP contribution in [0.15, 0.2) is 0 Å². The molecule has 200 valence electrons. The summed E-state index contributed by atoms with van der Waals surface area (Å²) in [5.41, 5.74) is 0. The molecule has 0 saturated carbocycles. The van der Waals surface area contributed by atoms with E-state index in [0.717, 1.165) is 0 Å². The second-order valence-corrected chi connectivity index (χ2v) is 11.2. The van der Waals surface area contributed by atoms with Crippen LogP contribution >= 0.6 is 0 Å². The quantitative estimate of drug-likeness (QED) is 0.502. The van der Waals surface area contributed by atoms with E-state index in [1.807, 2.05) is 6.92 Å². The maximum absolute atomic E-state index is 10.2. The maximum atomic E-state index is 10.2. The van der Waals surface area contributed by atoms with Gasteiger partial charge in [-0.1, -0.05) is 48.5 Å². The minimum Gasteiger partial charge on any atom is -0.394 e. The van der Waals surface area contributed by atoms with Crippen molar-refractivity contribution in [3.8, 4) is 0 Å². The molecule has 3 saturated heterocycles. The summed E-state index contributed by atoms with van der Waals surface area (Å²) in [5, 5.41) is 29.9. The maximum Gasteiger partial charge on any atom is 0.161 e. The molecule has 8 heteroatoms. The molecular formula is C26H48O8. The van der Waals surface area contributed by atoms with Gasteiger partial charge >= 0.3 is 0 Å². The van der Waals surface area contributed by atoms with E-state index >= 15 is 0 Å². The Morgan fingerprint density at radius 3 is 1.38 bits per heavy atom. The third kappa shape index (κ3) is 5.49. The predicted molar refractivity (Wildman–Crippen MR) is 127 cm³/mol. The number of ether oxygens (including phenoxy) is 5. The molecule has 3 N–H and O–H groups in total. The van der Waals surface area contributed by atoms with Gasteiger partial charge in [-0.05, 0) is 36.5 Å². The molecule has 15 atom stereocenters. The lowest BCUT2D eigenvalue weighted by atomic mass is 9.78. The fraction of sp³-hybridized carbons (Fsp3) is 1.00. The first-order valence-corrected chi connectivity index (χ1v) is 13.1. The van der Waals surface area contributed by atoms with Gasteiger partial charge in [0.05, 0.1) is 44.2 Å². The Bertz CT molecular complexity index is 628. The van der Waals surface area contributed by atoms with Crippen LogP contribution in [0.2, 0.25) is 0 Å². The monoisotopic (exact) mass is 488 g/mol. The van der Waals surface area contributed by atoms with E-state index in [9.17, 15) is 15.3 Å². The Labute approximate surface area is 205 Å². The van der Waals surface area contributed by atoms with Crippen molar-refractivity contribution in [3.63, 3.8) is 0 Å². The number of aliphatic hydroxyl groups excluding tert-OH is 3. The summed E-state index contributed by atoms with van der Waals surface area (Å²) in [4.78, 5) is 0. The Morgan fingerprint density at radius 1 is 0.471 bits per heavy atom. The Balaban J connectivity index is 1.72. The van der Waals surface area contributed by atoms with E-state index in [1.54, 1.807) is 0 Å². The molecule has 0 amide bonds. The first-order chi connectivity index (χ1) is 16.0. The van der Waals surface area contributed by atoms with Crippen molar-refractivity contribution < 1.29 is 39.0 Å². The lowest BCUT2D eigenvalue weighted by molar-refractivity contribution is -0.343. The molecular weight excluding hydrogens is 440 g/mol. The molecule has 34 heavy (non-hydrogen) atoms. The standard InChI is InChI=1S/C26H48O8/c1-12-14(3)20(9-27)31-25(17(12)6)34-24-16(5)18(7)26(32-22(24)11-29)33-23-15(4)13(2)19(8)30-21(23)10-28/h12-29H,9-11H2,1-8H3/t12-,13?,14+,15+,16+,17?,18?,19?,20?,21?,22?,23+,24+,25-,26-/m0/s1. The lowest BCUT2D eigenvalue weighted by Crippen LogP contribution is -2.58. The van der Waals surface area contributed by atoms with Crippen molar-refractivity contribution in [1.82, 2.24) is 0 Å². The van der Waals surface area contributed by atoms with Crippen LogP contribution in [-0.2, 0) is 23.7 Å². The predicted octanol–water partition coefficient (Wildman–Crippen LogP) is 2.42. The Morgan fingerprint density at radius 2 is 0.882 bits per heavy atom. The van der Waals surface area contributed by atoms with Gasteiger partial charge in [-0.25, -0.2) is 0 Å². The van der Waals surface area contributed by atoms with Gasteiger partial charge in [0.1, 0.15) is 12.2 Å². The van der Waals surface area contributed by atoms with Crippen LogP contribution in [0, 0.1) is 41.4 Å². The highest BCUT2D eigenvalue weighted by Gasteiger charge is 2.49. The van der Waals surface area contributed by atoms with E-state index in [1.165, 1.54) is 0 Å². The highest BCUT2D eigenvalue weighted by molar-refractivity contribution is 4.92. The van der Waals surface area contributed by atoms with Crippen LogP contribution in [0.4, 0.5) is 0 Å². The smallest absolute Gasteiger partial charge is 0.161 e. The molecule has 3 heterocycles. The molecule has 0 aromatic rings. The summed E-state index contributed by atoms with van der Waals surface area (Å²) >= 11 is 0. The summed E-state index contributed by atoms with van der Waals surface area (Å²) < 4.78 is 31.4.